The van der Waals surface area contributed by atoms with Gasteiger partial charge < -0.3 is 0 Å². The average molecular weight is 182 g/mol. The molecule has 1 N–H and O–H groups in total. The number of amides is 1. The second-order valence-electron chi connectivity index (χ2n) is 2.14. The maximum Gasteiger partial charge on any atom is 0.454 e. The normalized spacial score (nSPS) is 9.42. The number of hydrogen-bond donors (Lipinski definition) is 1. The lowest BCUT2D eigenvalue weighted by Gasteiger charge is -1.99. The van der Waals surface area contributed by atoms with Crippen molar-refractivity contribution >= 4 is 23.5 Å². The molecule has 0 fully saturated rings. The molecule has 1 radical (unpaired) electrons. The van der Waals surface area contributed by atoms with Crippen molar-refractivity contribution in [3.8, 4) is 0 Å². The van der Waals surface area contributed by atoms with Gasteiger partial charge in [-0.3, -0.25) is 5.32 Å². The van der Waals surface area contributed by atoms with Gasteiger partial charge in [-0.25, -0.2) is 9.90 Å². The number of carbonyl (C=O) groups is 1. The van der Waals surface area contributed by atoms with Crippen molar-refractivity contribution in [1.29, 1.82) is 0 Å². The van der Waals surface area contributed by atoms with Crippen molar-refractivity contribution in [3.05, 3.63) is 24.3 Å². The van der Waals surface area contributed by atoms with Gasteiger partial charge in [-0.15, -0.1) is 11.8 Å². The van der Waals surface area contributed by atoms with E-state index in [4.69, 9.17) is 0 Å². The fourth-order valence-electron chi connectivity index (χ4n) is 0.792. The molecule has 1 rings (SSSR count). The maximum absolute atomic E-state index is 10.1. The summed E-state index contributed by atoms with van der Waals surface area (Å²) in [4.78, 5) is 11.2. The summed E-state index contributed by atoms with van der Waals surface area (Å²) in [5, 5.41) is 12.2. The Morgan fingerprint density at radius 2 is 1.92 bits per heavy atom. The van der Waals surface area contributed by atoms with Gasteiger partial charge in [-0.1, -0.05) is 0 Å². The molecule has 1 aromatic rings. The SMILES string of the molecule is CSc1ccc(NC([O])=O)cc1. The summed E-state index contributed by atoms with van der Waals surface area (Å²) in [6.45, 7) is 0. The van der Waals surface area contributed by atoms with E-state index >= 15 is 0 Å². The second kappa shape index (κ2) is 4.01. The minimum absolute atomic E-state index is 0.535. The number of hydrogen-bond acceptors (Lipinski definition) is 2. The number of rotatable bonds is 2. The third-order valence-corrected chi connectivity index (χ3v) is 2.08. The van der Waals surface area contributed by atoms with Gasteiger partial charge in [-0.2, -0.15) is 0 Å². The van der Waals surface area contributed by atoms with Gasteiger partial charge in [0.25, 0.3) is 0 Å². The van der Waals surface area contributed by atoms with Gasteiger partial charge in [0.15, 0.2) is 0 Å². The highest BCUT2D eigenvalue weighted by Crippen LogP contribution is 2.17. The zero-order valence-corrected chi connectivity index (χ0v) is 7.35. The first-order valence-electron chi connectivity index (χ1n) is 3.34. The molecular weight excluding hydrogens is 174 g/mol. The van der Waals surface area contributed by atoms with Gasteiger partial charge in [0.2, 0.25) is 0 Å². The molecule has 0 unspecified atom stereocenters. The Hall–Kier alpha value is -1.16. The Morgan fingerprint density at radius 3 is 2.33 bits per heavy atom. The van der Waals surface area contributed by atoms with Gasteiger partial charge in [0, 0.05) is 10.6 Å². The third kappa shape index (κ3) is 2.47. The van der Waals surface area contributed by atoms with E-state index in [1.807, 2.05) is 18.4 Å². The summed E-state index contributed by atoms with van der Waals surface area (Å²) in [5.74, 6) is 0. The second-order valence-corrected chi connectivity index (χ2v) is 3.02. The quantitative estimate of drug-likeness (QED) is 0.714. The van der Waals surface area contributed by atoms with Gasteiger partial charge in [-0.05, 0) is 30.5 Å². The van der Waals surface area contributed by atoms with Gasteiger partial charge in [0.1, 0.15) is 0 Å². The number of benzene rings is 1. The number of carbonyl (C=O) groups excluding carboxylic acids is 1. The highest BCUT2D eigenvalue weighted by molar-refractivity contribution is 7.98. The minimum atomic E-state index is -1.29. The van der Waals surface area contributed by atoms with E-state index in [-0.39, 0.29) is 0 Å². The van der Waals surface area contributed by atoms with E-state index in [2.05, 4.69) is 5.32 Å². The molecule has 0 bridgehead atoms. The number of thioether (sulfide) groups is 1. The maximum atomic E-state index is 10.1. The Bertz CT molecular complexity index is 271. The molecule has 0 aliphatic rings. The molecule has 63 valence electrons. The molecule has 1 aromatic carbocycles. The van der Waals surface area contributed by atoms with Crippen LogP contribution in [0.1, 0.15) is 0 Å². The van der Waals surface area contributed by atoms with Crippen LogP contribution in [0.4, 0.5) is 10.5 Å². The van der Waals surface area contributed by atoms with Crippen LogP contribution in [-0.4, -0.2) is 12.3 Å². The summed E-state index contributed by atoms with van der Waals surface area (Å²) in [5.41, 5.74) is 0.535. The van der Waals surface area contributed by atoms with Gasteiger partial charge >= 0.3 is 6.09 Å². The van der Waals surface area contributed by atoms with E-state index < -0.39 is 6.09 Å². The van der Waals surface area contributed by atoms with Crippen molar-refractivity contribution in [2.24, 2.45) is 0 Å². The van der Waals surface area contributed by atoms with Crippen molar-refractivity contribution in [1.82, 2.24) is 0 Å². The number of anilines is 1. The Balaban J connectivity index is 2.71. The van der Waals surface area contributed by atoms with E-state index in [1.165, 1.54) is 0 Å². The first-order valence-corrected chi connectivity index (χ1v) is 4.57. The van der Waals surface area contributed by atoms with Crippen LogP contribution in [-0.2, 0) is 5.11 Å². The molecule has 0 aliphatic carbocycles. The predicted octanol–water partition coefficient (Wildman–Crippen LogP) is 2.37. The molecule has 0 aromatic heterocycles. The lowest BCUT2D eigenvalue weighted by Crippen LogP contribution is -2.04. The molecule has 0 saturated carbocycles. The van der Waals surface area contributed by atoms with Crippen molar-refractivity contribution < 1.29 is 9.90 Å². The number of nitrogens with one attached hydrogen (secondary N) is 1. The Labute approximate surface area is 74.8 Å². The molecule has 0 spiro atoms. The van der Waals surface area contributed by atoms with Crippen LogP contribution in [0.15, 0.2) is 29.2 Å². The first-order chi connectivity index (χ1) is 5.72. The van der Waals surface area contributed by atoms with Crippen LogP contribution in [0, 0.1) is 0 Å². The lowest BCUT2D eigenvalue weighted by atomic mass is 10.3. The lowest BCUT2D eigenvalue weighted by molar-refractivity contribution is 0.185. The zero-order chi connectivity index (χ0) is 8.97. The fourth-order valence-corrected chi connectivity index (χ4v) is 1.20. The van der Waals surface area contributed by atoms with E-state index in [9.17, 15) is 9.90 Å². The van der Waals surface area contributed by atoms with Crippen LogP contribution in [0.2, 0.25) is 0 Å². The standard InChI is InChI=1S/C8H8NO2S/c1-12-7-4-2-6(3-5-7)9-8(10)11/h2-5,9H,1H3. The molecule has 1 amide bonds. The molecule has 0 saturated heterocycles. The summed E-state index contributed by atoms with van der Waals surface area (Å²) < 4.78 is 0. The van der Waals surface area contributed by atoms with Crippen LogP contribution < -0.4 is 5.32 Å². The monoisotopic (exact) mass is 182 g/mol. The Kier molecular flexibility index (Phi) is 2.99. The Morgan fingerprint density at radius 1 is 1.33 bits per heavy atom. The van der Waals surface area contributed by atoms with E-state index in [0.717, 1.165) is 4.90 Å². The van der Waals surface area contributed by atoms with Crippen LogP contribution in [0.25, 0.3) is 0 Å². The van der Waals surface area contributed by atoms with Crippen molar-refractivity contribution in [2.75, 3.05) is 11.6 Å². The minimum Gasteiger partial charge on any atom is -0.288 e. The molecule has 12 heavy (non-hydrogen) atoms. The third-order valence-electron chi connectivity index (χ3n) is 1.34. The summed E-state index contributed by atoms with van der Waals surface area (Å²) in [6.07, 6.45) is 0.674. The first kappa shape index (κ1) is 8.93. The van der Waals surface area contributed by atoms with Gasteiger partial charge in [0.05, 0.1) is 0 Å². The van der Waals surface area contributed by atoms with E-state index in [0.29, 0.717) is 5.69 Å². The topological polar surface area (TPSA) is 49.0 Å². The predicted molar refractivity (Wildman–Crippen MR) is 47.9 cm³/mol. The molecule has 0 atom stereocenters. The van der Waals surface area contributed by atoms with E-state index in [1.54, 1.807) is 23.9 Å². The van der Waals surface area contributed by atoms with Crippen LogP contribution >= 0.6 is 11.8 Å². The largest absolute Gasteiger partial charge is 0.454 e. The smallest absolute Gasteiger partial charge is 0.288 e. The summed E-state index contributed by atoms with van der Waals surface area (Å²) in [7, 11) is 0. The van der Waals surface area contributed by atoms with Crippen LogP contribution in [0.3, 0.4) is 0 Å². The molecule has 0 aliphatic heterocycles. The molecule has 3 nitrogen and oxygen atoms in total. The highest BCUT2D eigenvalue weighted by Gasteiger charge is 1.98. The highest BCUT2D eigenvalue weighted by atomic mass is 32.2. The zero-order valence-electron chi connectivity index (χ0n) is 6.53. The summed E-state index contributed by atoms with van der Waals surface area (Å²) in [6, 6.07) is 7.08. The average Bonchev–Trinajstić information content (AvgIpc) is 2.05. The molecule has 4 heteroatoms. The van der Waals surface area contributed by atoms with Crippen molar-refractivity contribution in [3.63, 3.8) is 0 Å². The molecular formula is C8H8NO2S. The van der Waals surface area contributed by atoms with Crippen molar-refractivity contribution in [2.45, 2.75) is 4.90 Å². The molecule has 0 heterocycles. The van der Waals surface area contributed by atoms with Crippen LogP contribution in [0.5, 0.6) is 0 Å². The summed E-state index contributed by atoms with van der Waals surface area (Å²) >= 11 is 1.61. The fraction of sp³-hybridized carbons (Fsp3) is 0.125.